The average Bonchev–Trinajstić information content (AvgIpc) is 3.06. The second-order valence-electron chi connectivity index (χ2n) is 5.99. The summed E-state index contributed by atoms with van der Waals surface area (Å²) in [6, 6.07) is 9.06. The second kappa shape index (κ2) is 7.49. The van der Waals surface area contributed by atoms with Crippen LogP contribution in [-0.4, -0.2) is 23.2 Å². The van der Waals surface area contributed by atoms with E-state index in [4.69, 9.17) is 9.15 Å². The first-order chi connectivity index (χ1) is 11.6. The first-order valence-electron chi connectivity index (χ1n) is 8.06. The Morgan fingerprint density at radius 1 is 1.17 bits per heavy atom. The lowest BCUT2D eigenvalue weighted by atomic mass is 9.93. The van der Waals surface area contributed by atoms with Crippen LogP contribution in [0.1, 0.15) is 42.0 Å². The van der Waals surface area contributed by atoms with Crippen LogP contribution in [0.15, 0.2) is 40.8 Å². The Labute approximate surface area is 139 Å². The van der Waals surface area contributed by atoms with Gasteiger partial charge in [0.1, 0.15) is 23.9 Å². The van der Waals surface area contributed by atoms with Crippen LogP contribution in [0.3, 0.4) is 0 Å². The Morgan fingerprint density at radius 2 is 1.88 bits per heavy atom. The molecule has 128 valence electrons. The van der Waals surface area contributed by atoms with E-state index in [1.807, 2.05) is 0 Å². The highest BCUT2D eigenvalue weighted by molar-refractivity contribution is 5.91. The van der Waals surface area contributed by atoms with Crippen molar-refractivity contribution in [1.29, 1.82) is 0 Å². The summed E-state index contributed by atoms with van der Waals surface area (Å²) in [5, 5.41) is 12.4. The Kier molecular flexibility index (Phi) is 5.15. The fourth-order valence-electron chi connectivity index (χ4n) is 2.74. The number of hydrogen-bond donors (Lipinski definition) is 2. The summed E-state index contributed by atoms with van der Waals surface area (Å²) in [7, 11) is 0. The Bertz CT molecular complexity index is 675. The monoisotopic (exact) mass is 333 g/mol. The zero-order valence-electron chi connectivity index (χ0n) is 13.2. The number of amides is 1. The van der Waals surface area contributed by atoms with Crippen molar-refractivity contribution in [3.05, 3.63) is 53.7 Å². The van der Waals surface area contributed by atoms with Gasteiger partial charge in [-0.2, -0.15) is 0 Å². The molecule has 0 spiro atoms. The third kappa shape index (κ3) is 4.35. The number of nitrogens with one attached hydrogen (secondary N) is 1. The summed E-state index contributed by atoms with van der Waals surface area (Å²) in [6.45, 7) is 0.161. The molecule has 5 nitrogen and oxygen atoms in total. The van der Waals surface area contributed by atoms with E-state index in [1.54, 1.807) is 12.1 Å². The summed E-state index contributed by atoms with van der Waals surface area (Å²) in [4.78, 5) is 12.2. The van der Waals surface area contributed by atoms with Crippen LogP contribution in [0.4, 0.5) is 4.39 Å². The molecule has 1 heterocycles. The van der Waals surface area contributed by atoms with Crippen molar-refractivity contribution in [2.75, 3.05) is 0 Å². The molecule has 1 aromatic heterocycles. The minimum Gasteiger partial charge on any atom is -0.486 e. The molecule has 1 amide bonds. The number of halogens is 1. The summed E-state index contributed by atoms with van der Waals surface area (Å²) < 4.78 is 23.8. The molecule has 0 bridgehead atoms. The lowest BCUT2D eigenvalue weighted by Gasteiger charge is -2.25. The molecular weight excluding hydrogens is 313 g/mol. The van der Waals surface area contributed by atoms with E-state index >= 15 is 0 Å². The van der Waals surface area contributed by atoms with Gasteiger partial charge in [-0.15, -0.1) is 0 Å². The standard InChI is InChI=1S/C18H20FNO4/c19-12-1-7-15(8-2-12)23-11-16-9-10-17(24-16)18(22)20-13-3-5-14(21)6-4-13/h1-2,7-10,13-14,21H,3-6,11H2,(H,20,22). The van der Waals surface area contributed by atoms with Gasteiger partial charge in [-0.25, -0.2) is 4.39 Å². The van der Waals surface area contributed by atoms with Gasteiger partial charge in [0, 0.05) is 6.04 Å². The maximum Gasteiger partial charge on any atom is 0.287 e. The highest BCUT2D eigenvalue weighted by Crippen LogP contribution is 2.19. The predicted molar refractivity (Wildman–Crippen MR) is 85.2 cm³/mol. The number of carbonyl (C=O) groups is 1. The maximum atomic E-state index is 12.8. The molecule has 6 heteroatoms. The summed E-state index contributed by atoms with van der Waals surface area (Å²) in [5.41, 5.74) is 0. The van der Waals surface area contributed by atoms with Crippen molar-refractivity contribution in [3.8, 4) is 5.75 Å². The number of rotatable bonds is 5. The minimum atomic E-state index is -0.325. The third-order valence-corrected chi connectivity index (χ3v) is 4.11. The van der Waals surface area contributed by atoms with Gasteiger partial charge in [0.05, 0.1) is 6.10 Å². The van der Waals surface area contributed by atoms with Crippen LogP contribution in [0.2, 0.25) is 0 Å². The Hall–Kier alpha value is -2.34. The molecule has 1 saturated carbocycles. The SMILES string of the molecule is O=C(NC1CCC(O)CC1)c1ccc(COc2ccc(F)cc2)o1. The molecule has 1 aliphatic carbocycles. The van der Waals surface area contributed by atoms with Crippen LogP contribution >= 0.6 is 0 Å². The van der Waals surface area contributed by atoms with E-state index in [2.05, 4.69) is 5.32 Å². The highest BCUT2D eigenvalue weighted by atomic mass is 19.1. The number of benzene rings is 1. The average molecular weight is 333 g/mol. The molecule has 0 saturated heterocycles. The first kappa shape index (κ1) is 16.5. The number of hydrogen-bond acceptors (Lipinski definition) is 4. The number of ether oxygens (including phenoxy) is 1. The van der Waals surface area contributed by atoms with Gasteiger partial charge in [0.15, 0.2) is 5.76 Å². The van der Waals surface area contributed by atoms with Crippen molar-refractivity contribution < 1.29 is 23.4 Å². The van der Waals surface area contributed by atoms with Crippen molar-refractivity contribution in [1.82, 2.24) is 5.32 Å². The van der Waals surface area contributed by atoms with Gasteiger partial charge < -0.3 is 19.6 Å². The van der Waals surface area contributed by atoms with Gasteiger partial charge >= 0.3 is 0 Å². The molecular formula is C18H20FNO4. The number of carbonyl (C=O) groups excluding carboxylic acids is 1. The lowest BCUT2D eigenvalue weighted by molar-refractivity contribution is 0.0839. The maximum absolute atomic E-state index is 12.8. The lowest BCUT2D eigenvalue weighted by Crippen LogP contribution is -2.38. The summed E-state index contributed by atoms with van der Waals surface area (Å²) >= 11 is 0. The van der Waals surface area contributed by atoms with E-state index in [0.717, 1.165) is 12.8 Å². The van der Waals surface area contributed by atoms with Gasteiger partial charge in [-0.05, 0) is 62.1 Å². The summed E-state index contributed by atoms with van der Waals surface area (Å²) in [5.74, 6) is 0.695. The van der Waals surface area contributed by atoms with Crippen molar-refractivity contribution in [2.24, 2.45) is 0 Å². The zero-order valence-corrected chi connectivity index (χ0v) is 13.2. The first-order valence-corrected chi connectivity index (χ1v) is 8.06. The van der Waals surface area contributed by atoms with Crippen LogP contribution in [-0.2, 0) is 6.61 Å². The minimum absolute atomic E-state index is 0.0740. The van der Waals surface area contributed by atoms with Gasteiger partial charge in [0.25, 0.3) is 5.91 Å². The van der Waals surface area contributed by atoms with Gasteiger partial charge in [-0.3, -0.25) is 4.79 Å². The normalized spacial score (nSPS) is 20.6. The van der Waals surface area contributed by atoms with Gasteiger partial charge in [0.2, 0.25) is 0 Å². The van der Waals surface area contributed by atoms with E-state index in [1.165, 1.54) is 24.3 Å². The Balaban J connectivity index is 1.51. The van der Waals surface area contributed by atoms with E-state index in [-0.39, 0.29) is 36.2 Å². The van der Waals surface area contributed by atoms with Crippen molar-refractivity contribution in [3.63, 3.8) is 0 Å². The number of aliphatic hydroxyl groups excluding tert-OH is 1. The number of furan rings is 1. The van der Waals surface area contributed by atoms with E-state index < -0.39 is 0 Å². The molecule has 0 radical (unpaired) electrons. The Morgan fingerprint density at radius 3 is 2.58 bits per heavy atom. The van der Waals surface area contributed by atoms with Crippen LogP contribution in [0, 0.1) is 5.82 Å². The molecule has 1 aromatic carbocycles. The topological polar surface area (TPSA) is 71.7 Å². The number of aliphatic hydroxyl groups is 1. The molecule has 24 heavy (non-hydrogen) atoms. The molecule has 0 aliphatic heterocycles. The van der Waals surface area contributed by atoms with E-state index in [9.17, 15) is 14.3 Å². The molecule has 0 atom stereocenters. The largest absolute Gasteiger partial charge is 0.486 e. The molecule has 2 N–H and O–H groups in total. The van der Waals surface area contributed by atoms with Crippen molar-refractivity contribution in [2.45, 2.75) is 44.4 Å². The van der Waals surface area contributed by atoms with Gasteiger partial charge in [-0.1, -0.05) is 0 Å². The van der Waals surface area contributed by atoms with Crippen LogP contribution < -0.4 is 10.1 Å². The quantitative estimate of drug-likeness (QED) is 0.882. The highest BCUT2D eigenvalue weighted by Gasteiger charge is 2.22. The predicted octanol–water partition coefficient (Wildman–Crippen LogP) is 3.03. The van der Waals surface area contributed by atoms with Crippen LogP contribution in [0.25, 0.3) is 0 Å². The van der Waals surface area contributed by atoms with E-state index in [0.29, 0.717) is 24.4 Å². The molecule has 0 unspecified atom stereocenters. The smallest absolute Gasteiger partial charge is 0.287 e. The van der Waals surface area contributed by atoms with Crippen molar-refractivity contribution >= 4 is 5.91 Å². The second-order valence-corrected chi connectivity index (χ2v) is 5.99. The zero-order chi connectivity index (χ0) is 16.9. The fraction of sp³-hybridized carbons (Fsp3) is 0.389. The fourth-order valence-corrected chi connectivity index (χ4v) is 2.74. The molecule has 1 fully saturated rings. The summed E-state index contributed by atoms with van der Waals surface area (Å²) in [6.07, 6.45) is 2.71. The molecule has 1 aliphatic rings. The molecule has 2 aromatic rings. The molecule has 3 rings (SSSR count). The van der Waals surface area contributed by atoms with Crippen LogP contribution in [0.5, 0.6) is 5.75 Å². The third-order valence-electron chi connectivity index (χ3n) is 4.11.